The summed E-state index contributed by atoms with van der Waals surface area (Å²) in [4.78, 5) is 39.3. The van der Waals surface area contributed by atoms with E-state index in [1.165, 1.54) is 109 Å². The van der Waals surface area contributed by atoms with Crippen molar-refractivity contribution >= 4 is 17.9 Å². The van der Waals surface area contributed by atoms with E-state index in [4.69, 9.17) is 18.9 Å². The van der Waals surface area contributed by atoms with E-state index in [1.807, 2.05) is 0 Å². The van der Waals surface area contributed by atoms with E-state index in [0.29, 0.717) is 31.5 Å². The minimum absolute atomic E-state index is 0.0203. The molecule has 6 atom stereocenters. The summed E-state index contributed by atoms with van der Waals surface area (Å²) in [7, 11) is 1.66. The molecule has 384 valence electrons. The number of carbonyl (C=O) groups excluding carboxylic acids is 2. The van der Waals surface area contributed by atoms with E-state index >= 15 is 0 Å². The van der Waals surface area contributed by atoms with Crippen molar-refractivity contribution in [2.45, 2.75) is 265 Å². The molecule has 2 saturated heterocycles. The second-order valence-electron chi connectivity index (χ2n) is 19.8. The number of methoxy groups -OCH3 is 1. The third kappa shape index (κ3) is 33.4. The Morgan fingerprint density at radius 3 is 1.71 bits per heavy atom. The second kappa shape index (κ2) is 43.5. The lowest BCUT2D eigenvalue weighted by atomic mass is 9.79. The number of aliphatic carboxylic acids is 1. The Morgan fingerprint density at radius 1 is 0.615 bits per heavy atom. The minimum Gasteiger partial charge on any atom is -0.481 e. The molecule has 0 aromatic carbocycles. The first kappa shape index (κ1) is 61.3. The largest absolute Gasteiger partial charge is 0.481 e. The average Bonchev–Trinajstić information content (AvgIpc) is 3.74. The molecule has 2 heterocycles. The van der Waals surface area contributed by atoms with Crippen LogP contribution in [-0.2, 0) is 33.3 Å². The van der Waals surface area contributed by atoms with Gasteiger partial charge in [0.15, 0.2) is 0 Å². The summed E-state index contributed by atoms with van der Waals surface area (Å²) in [6.45, 7) is 13.4. The van der Waals surface area contributed by atoms with Crippen molar-refractivity contribution in [3.63, 3.8) is 0 Å². The number of aliphatic hydroxyl groups excluding tert-OH is 1. The van der Waals surface area contributed by atoms with Crippen LogP contribution < -0.4 is 0 Å². The molecule has 0 spiro atoms. The number of piperidine rings is 1. The lowest BCUT2D eigenvalue weighted by Crippen LogP contribution is -2.41. The lowest BCUT2D eigenvalue weighted by molar-refractivity contribution is -0.177. The highest BCUT2D eigenvalue weighted by Crippen LogP contribution is 2.32. The van der Waals surface area contributed by atoms with Gasteiger partial charge in [0.05, 0.1) is 31.2 Å². The summed E-state index contributed by atoms with van der Waals surface area (Å²) in [5.41, 5.74) is 0. The molecule has 10 nitrogen and oxygen atoms in total. The predicted molar refractivity (Wildman–Crippen MR) is 267 cm³/mol. The fourth-order valence-electron chi connectivity index (χ4n) is 9.85. The van der Waals surface area contributed by atoms with Crippen molar-refractivity contribution < 1.29 is 43.5 Å². The van der Waals surface area contributed by atoms with Gasteiger partial charge in [-0.15, -0.1) is 0 Å². The van der Waals surface area contributed by atoms with Crippen molar-refractivity contribution in [2.75, 3.05) is 46.6 Å². The highest BCUT2D eigenvalue weighted by atomic mass is 16.7. The number of nitrogens with zero attached hydrogens (tertiary/aromatic N) is 1. The number of carbonyl (C=O) groups is 3. The van der Waals surface area contributed by atoms with Gasteiger partial charge < -0.3 is 34.1 Å². The SMILES string of the molecule is CCCCCCCCC(CCCCCC)C(=O)O.CCCCCCCCC(CCCCCC)C(=O)OCCCC1CCN(CCCCO)CC1CCCCC(=O)OC1CCC(COC)O1. The number of unbranched alkanes of at least 4 members (excludes halogenated alkanes) is 18. The van der Waals surface area contributed by atoms with Gasteiger partial charge in [-0.3, -0.25) is 14.4 Å². The van der Waals surface area contributed by atoms with E-state index in [0.717, 1.165) is 129 Å². The van der Waals surface area contributed by atoms with Gasteiger partial charge in [-0.05, 0) is 102 Å². The van der Waals surface area contributed by atoms with Crippen molar-refractivity contribution in [3.8, 4) is 0 Å². The number of hydrogen-bond acceptors (Lipinski definition) is 9. The van der Waals surface area contributed by atoms with Gasteiger partial charge in [0, 0.05) is 33.1 Å². The number of ether oxygens (including phenoxy) is 4. The van der Waals surface area contributed by atoms with Gasteiger partial charge in [0.25, 0.3) is 0 Å². The summed E-state index contributed by atoms with van der Waals surface area (Å²) < 4.78 is 22.4. The molecule has 2 aliphatic heterocycles. The van der Waals surface area contributed by atoms with Crippen LogP contribution in [0.15, 0.2) is 0 Å². The van der Waals surface area contributed by atoms with Crippen LogP contribution in [-0.4, -0.2) is 92.0 Å². The van der Waals surface area contributed by atoms with Crippen LogP contribution in [0, 0.1) is 23.7 Å². The van der Waals surface area contributed by atoms with Crippen molar-refractivity contribution in [1.82, 2.24) is 4.90 Å². The summed E-state index contributed by atoms with van der Waals surface area (Å²) in [6.07, 6.45) is 37.9. The molecule has 65 heavy (non-hydrogen) atoms. The quantitative estimate of drug-likeness (QED) is 0.0450. The summed E-state index contributed by atoms with van der Waals surface area (Å²) in [5.74, 6) is 0.457. The van der Waals surface area contributed by atoms with Gasteiger partial charge in [-0.1, -0.05) is 163 Å². The fraction of sp³-hybridized carbons (Fsp3) is 0.945. The number of carboxylic acids is 1. The lowest BCUT2D eigenvalue weighted by Gasteiger charge is -2.39. The van der Waals surface area contributed by atoms with Crippen LogP contribution in [0.25, 0.3) is 0 Å². The number of esters is 2. The Hall–Kier alpha value is -1.75. The Balaban J connectivity index is 0.000000984. The smallest absolute Gasteiger partial charge is 0.308 e. The predicted octanol–water partition coefficient (Wildman–Crippen LogP) is 14.0. The molecule has 6 unspecified atom stereocenters. The van der Waals surface area contributed by atoms with Crippen molar-refractivity contribution in [1.29, 1.82) is 0 Å². The summed E-state index contributed by atoms with van der Waals surface area (Å²) in [5, 5.41) is 18.4. The Labute approximate surface area is 400 Å². The van der Waals surface area contributed by atoms with Crippen LogP contribution in [0.1, 0.15) is 252 Å². The van der Waals surface area contributed by atoms with Gasteiger partial charge in [-0.25, -0.2) is 0 Å². The first-order valence-corrected chi connectivity index (χ1v) is 27.8. The molecule has 0 aromatic rings. The molecule has 0 aliphatic carbocycles. The van der Waals surface area contributed by atoms with E-state index < -0.39 is 12.3 Å². The first-order chi connectivity index (χ1) is 31.7. The van der Waals surface area contributed by atoms with E-state index in [-0.39, 0.29) is 36.5 Å². The van der Waals surface area contributed by atoms with Crippen molar-refractivity contribution in [2.24, 2.45) is 23.7 Å². The molecule has 2 fully saturated rings. The molecule has 0 saturated carbocycles. The van der Waals surface area contributed by atoms with Crippen LogP contribution in [0.2, 0.25) is 0 Å². The van der Waals surface area contributed by atoms with Crippen LogP contribution >= 0.6 is 0 Å². The summed E-state index contributed by atoms with van der Waals surface area (Å²) in [6, 6.07) is 0. The zero-order valence-corrected chi connectivity index (χ0v) is 43.2. The normalized spacial score (nSPS) is 19.7. The molecule has 2 N–H and O–H groups in total. The molecule has 2 aliphatic rings. The van der Waals surface area contributed by atoms with Crippen LogP contribution in [0.4, 0.5) is 0 Å². The minimum atomic E-state index is -0.583. The molecule has 0 radical (unpaired) electrons. The molecule has 0 bridgehead atoms. The van der Waals surface area contributed by atoms with Crippen LogP contribution in [0.3, 0.4) is 0 Å². The average molecular weight is 924 g/mol. The van der Waals surface area contributed by atoms with Gasteiger partial charge in [-0.2, -0.15) is 0 Å². The zero-order chi connectivity index (χ0) is 47.6. The maximum atomic E-state index is 13.1. The molecule has 0 amide bonds. The third-order valence-electron chi connectivity index (χ3n) is 14.0. The molecular formula is C55H105NO9. The highest BCUT2D eigenvalue weighted by Gasteiger charge is 2.30. The Kier molecular flexibility index (Phi) is 41.0. The standard InChI is InChI=1S/C39H73NO7.C16H32O2/c1-4-6-8-10-11-13-20-34(19-12-9-7-5-2)39(43)45-30-18-22-33-26-28-40(27-16-17-29-41)31-35(33)21-14-15-23-37(42)47-38-25-24-36(46-38)32-44-3;1-3-5-7-9-10-12-14-15(16(17)18)13-11-8-6-4-2/h33-36,38,41H,4-32H2,1-3H3;15H,3-14H2,1-2H3,(H,17,18). The van der Waals surface area contributed by atoms with Gasteiger partial charge in [0.2, 0.25) is 6.29 Å². The highest BCUT2D eigenvalue weighted by molar-refractivity contribution is 5.72. The number of aliphatic hydroxyl groups is 1. The third-order valence-corrected chi connectivity index (χ3v) is 14.0. The van der Waals surface area contributed by atoms with Crippen LogP contribution in [0.5, 0.6) is 0 Å². The fourth-order valence-corrected chi connectivity index (χ4v) is 9.85. The van der Waals surface area contributed by atoms with E-state index in [9.17, 15) is 24.6 Å². The number of hydrogen-bond donors (Lipinski definition) is 2. The Morgan fingerprint density at radius 2 is 1.15 bits per heavy atom. The summed E-state index contributed by atoms with van der Waals surface area (Å²) >= 11 is 0. The number of rotatable bonds is 42. The monoisotopic (exact) mass is 924 g/mol. The number of likely N-dealkylation sites (tertiary alicyclic amines) is 1. The van der Waals surface area contributed by atoms with E-state index in [2.05, 4.69) is 32.6 Å². The topological polar surface area (TPSA) is 132 Å². The first-order valence-electron chi connectivity index (χ1n) is 27.8. The molecular weight excluding hydrogens is 819 g/mol. The maximum absolute atomic E-state index is 13.1. The number of carboxylic acid groups (broad SMARTS) is 1. The maximum Gasteiger partial charge on any atom is 0.308 e. The Bertz CT molecular complexity index is 1110. The molecule has 0 aromatic heterocycles. The van der Waals surface area contributed by atoms with E-state index in [1.54, 1.807) is 7.11 Å². The molecule has 2 rings (SSSR count). The zero-order valence-electron chi connectivity index (χ0n) is 43.2. The van der Waals surface area contributed by atoms with Crippen molar-refractivity contribution in [3.05, 3.63) is 0 Å². The van der Waals surface area contributed by atoms with Gasteiger partial charge in [0.1, 0.15) is 0 Å². The van der Waals surface area contributed by atoms with Gasteiger partial charge >= 0.3 is 17.9 Å². The molecule has 10 heteroatoms. The second-order valence-corrected chi connectivity index (χ2v) is 19.8.